The van der Waals surface area contributed by atoms with Gasteiger partial charge in [0.25, 0.3) is 0 Å². The maximum absolute atomic E-state index is 13.8. The van der Waals surface area contributed by atoms with Crippen molar-refractivity contribution in [2.24, 2.45) is 62.1 Å². The van der Waals surface area contributed by atoms with Crippen LogP contribution in [-0.2, 0) is 25.7 Å². The van der Waals surface area contributed by atoms with Gasteiger partial charge in [-0.25, -0.2) is 0 Å². The number of carbonyl (C=O) groups excluding carboxylic acids is 2. The molecule has 7 heteroatoms. The summed E-state index contributed by atoms with van der Waals surface area (Å²) in [5.41, 5.74) is 2.57. The van der Waals surface area contributed by atoms with E-state index in [1.807, 2.05) is 52.0 Å². The van der Waals surface area contributed by atoms with Crippen LogP contribution in [0.1, 0.15) is 164 Å². The summed E-state index contributed by atoms with van der Waals surface area (Å²) in [4.78, 5) is 38.4. The molecular formula is C50H74N2O5. The van der Waals surface area contributed by atoms with Gasteiger partial charge in [0.1, 0.15) is 6.10 Å². The van der Waals surface area contributed by atoms with Gasteiger partial charge in [0.2, 0.25) is 5.91 Å². The van der Waals surface area contributed by atoms with Gasteiger partial charge in [0.05, 0.1) is 24.5 Å². The van der Waals surface area contributed by atoms with Gasteiger partial charge in [-0.15, -0.1) is 12.8 Å². The van der Waals surface area contributed by atoms with Crippen LogP contribution >= 0.6 is 0 Å². The van der Waals surface area contributed by atoms with E-state index in [1.54, 1.807) is 0 Å². The van der Waals surface area contributed by atoms with Gasteiger partial charge >= 0.3 is 11.9 Å². The van der Waals surface area contributed by atoms with E-state index in [9.17, 15) is 19.5 Å². The number of nitrogens with one attached hydrogen (secondary N) is 1. The second kappa shape index (κ2) is 17.3. The molecule has 6 rings (SSSR count). The van der Waals surface area contributed by atoms with Gasteiger partial charge in [-0.3, -0.25) is 14.4 Å². The van der Waals surface area contributed by atoms with Crippen molar-refractivity contribution < 1.29 is 24.2 Å². The summed E-state index contributed by atoms with van der Waals surface area (Å²) < 4.78 is 6.28. The number of rotatable bonds is 10. The van der Waals surface area contributed by atoms with Gasteiger partial charge < -0.3 is 15.2 Å². The Hall–Kier alpha value is -3.58. The van der Waals surface area contributed by atoms with Crippen LogP contribution in [-0.4, -0.2) is 29.1 Å². The first-order valence-corrected chi connectivity index (χ1v) is 21.9. The molecule has 5 aliphatic carbocycles. The Balaban J connectivity index is 0.00000174. The number of aliphatic carboxylic acids is 1. The molecule has 5 fully saturated rings. The normalized spacial score (nSPS) is 36.0. The first-order chi connectivity index (χ1) is 26.7. The standard InChI is InChI=1S/C46H66N2O5.C2H6.C2H2/c1-29(2)32-16-21-46(24-37(49)48-28-31-12-10-30(27-47)11-13-31)23-22-44(8)33(40(32)46)14-15-35-43(7)19-18-36(42(5,6)34(43)17-20-45(35,44)9)53-39(52)26-41(3,4)25-38(50)51;2*1-2/h10-13,32-36,40H,1,14-26,28H2,2-9H3,(H,48,49)(H,50,51);1-2H3;1-2H/t32-,33+,34?,35?,36?,40?,43-,44+,45+,46+;;/m0../s1. The topological polar surface area (TPSA) is 116 Å². The zero-order valence-corrected chi connectivity index (χ0v) is 37.1. The summed E-state index contributed by atoms with van der Waals surface area (Å²) in [5, 5.41) is 21.8. The molecule has 57 heavy (non-hydrogen) atoms. The van der Waals surface area contributed by atoms with Gasteiger partial charge in [-0.1, -0.05) is 86.6 Å². The monoisotopic (exact) mass is 783 g/mol. The summed E-state index contributed by atoms with van der Waals surface area (Å²) in [7, 11) is 0. The highest BCUT2D eigenvalue weighted by Crippen LogP contribution is 2.78. The Morgan fingerprint density at radius 1 is 0.895 bits per heavy atom. The fourth-order valence-corrected chi connectivity index (χ4v) is 14.1. The predicted molar refractivity (Wildman–Crippen MR) is 228 cm³/mol. The smallest absolute Gasteiger partial charge is 0.306 e. The largest absolute Gasteiger partial charge is 0.481 e. The number of hydrogen-bond donors (Lipinski definition) is 2. The molecule has 0 heterocycles. The number of nitrogens with zero attached hydrogens (tertiary/aromatic N) is 1. The number of hydrogen-bond acceptors (Lipinski definition) is 5. The number of esters is 1. The van der Waals surface area contributed by atoms with Crippen LogP contribution in [0, 0.1) is 86.3 Å². The molecule has 0 spiro atoms. The average molecular weight is 783 g/mol. The van der Waals surface area contributed by atoms with Crippen LogP contribution in [0.3, 0.4) is 0 Å². The van der Waals surface area contributed by atoms with Crippen molar-refractivity contribution in [1.29, 1.82) is 5.26 Å². The van der Waals surface area contributed by atoms with E-state index < -0.39 is 11.4 Å². The molecule has 1 aromatic carbocycles. The second-order valence-electron chi connectivity index (χ2n) is 20.6. The van der Waals surface area contributed by atoms with Gasteiger partial charge in [-0.2, -0.15) is 5.26 Å². The van der Waals surface area contributed by atoms with Crippen molar-refractivity contribution in [2.75, 3.05) is 0 Å². The third kappa shape index (κ3) is 8.47. The third-order valence-corrected chi connectivity index (χ3v) is 16.8. The van der Waals surface area contributed by atoms with E-state index in [2.05, 4.69) is 72.4 Å². The van der Waals surface area contributed by atoms with Crippen LogP contribution < -0.4 is 5.32 Å². The lowest BCUT2D eigenvalue weighted by Crippen LogP contribution is -2.67. The average Bonchev–Trinajstić information content (AvgIpc) is 3.53. The van der Waals surface area contributed by atoms with E-state index in [0.29, 0.717) is 48.1 Å². The summed E-state index contributed by atoms with van der Waals surface area (Å²) in [5.74, 6) is 1.44. The van der Waals surface area contributed by atoms with E-state index in [4.69, 9.17) is 10.00 Å². The lowest BCUT2D eigenvalue weighted by atomic mass is 9.32. The molecule has 314 valence electrons. The zero-order chi connectivity index (χ0) is 42.8. The van der Waals surface area contributed by atoms with E-state index in [0.717, 1.165) is 50.5 Å². The molecule has 0 saturated heterocycles. The first-order valence-electron chi connectivity index (χ1n) is 21.9. The molecule has 1 aromatic rings. The number of carboxylic acid groups (broad SMARTS) is 1. The molecule has 0 bridgehead atoms. The lowest BCUT2D eigenvalue weighted by molar-refractivity contribution is -0.250. The Morgan fingerprint density at radius 2 is 1.54 bits per heavy atom. The molecular weight excluding hydrogens is 709 g/mol. The molecule has 2 N–H and O–H groups in total. The predicted octanol–water partition coefficient (Wildman–Crippen LogP) is 11.3. The molecule has 5 aliphatic rings. The molecule has 1 amide bonds. The molecule has 5 saturated carbocycles. The van der Waals surface area contributed by atoms with E-state index >= 15 is 0 Å². The molecule has 10 atom stereocenters. The Morgan fingerprint density at radius 3 is 2.14 bits per heavy atom. The van der Waals surface area contributed by atoms with Crippen LogP contribution in [0.4, 0.5) is 0 Å². The van der Waals surface area contributed by atoms with Crippen molar-refractivity contribution in [3.63, 3.8) is 0 Å². The SMILES string of the molecule is C#C.C=C(C)[C@@H]1CC[C@]2(CC(=O)NCc3ccc(C#N)cc3)CC[C@]3(C)[C@H](CCC4[C@@]5(C)CCC(OC(=O)CC(C)(C)CC(=O)O)C(C)(C)C5CC[C@]43C)C12.CC. The van der Waals surface area contributed by atoms with Gasteiger partial charge in [0.15, 0.2) is 0 Å². The van der Waals surface area contributed by atoms with Crippen LogP contribution in [0.5, 0.6) is 0 Å². The molecule has 4 unspecified atom stereocenters. The minimum absolute atomic E-state index is 0.00416. The minimum Gasteiger partial charge on any atom is -0.481 e. The highest BCUT2D eigenvalue weighted by molar-refractivity contribution is 5.77. The van der Waals surface area contributed by atoms with Crippen molar-refractivity contribution in [3.05, 3.63) is 47.5 Å². The van der Waals surface area contributed by atoms with Crippen molar-refractivity contribution >= 4 is 17.8 Å². The lowest BCUT2D eigenvalue weighted by Gasteiger charge is -2.73. The molecule has 7 nitrogen and oxygen atoms in total. The number of ether oxygens (including phenoxy) is 1. The van der Waals surface area contributed by atoms with Crippen molar-refractivity contribution in [1.82, 2.24) is 5.32 Å². The third-order valence-electron chi connectivity index (χ3n) is 16.8. The highest BCUT2D eigenvalue weighted by atomic mass is 16.5. The summed E-state index contributed by atoms with van der Waals surface area (Å²) in [6.45, 7) is 27.4. The quantitative estimate of drug-likeness (QED) is 0.139. The number of fused-ring (bicyclic) bond motifs is 7. The maximum Gasteiger partial charge on any atom is 0.306 e. The fourth-order valence-electron chi connectivity index (χ4n) is 14.1. The van der Waals surface area contributed by atoms with Crippen molar-refractivity contribution in [3.8, 4) is 18.9 Å². The van der Waals surface area contributed by atoms with Crippen LogP contribution in [0.25, 0.3) is 0 Å². The fraction of sp³-hybridized carbons (Fsp3) is 0.720. The van der Waals surface area contributed by atoms with E-state index in [-0.39, 0.29) is 57.9 Å². The number of amides is 1. The van der Waals surface area contributed by atoms with Gasteiger partial charge in [0, 0.05) is 18.4 Å². The molecule has 0 aromatic heterocycles. The highest BCUT2D eigenvalue weighted by Gasteiger charge is 2.71. The van der Waals surface area contributed by atoms with Gasteiger partial charge in [-0.05, 0) is 145 Å². The van der Waals surface area contributed by atoms with E-state index in [1.165, 1.54) is 24.8 Å². The number of benzene rings is 1. The molecule has 0 aliphatic heterocycles. The number of terminal acetylenes is 1. The summed E-state index contributed by atoms with van der Waals surface area (Å²) in [6, 6.07) is 9.65. The summed E-state index contributed by atoms with van der Waals surface area (Å²) in [6.07, 6.45) is 19.5. The number of carboxylic acids is 1. The first kappa shape index (κ1) is 46.1. The van der Waals surface area contributed by atoms with Crippen LogP contribution in [0.15, 0.2) is 36.4 Å². The second-order valence-corrected chi connectivity index (χ2v) is 20.6. The number of nitriles is 1. The minimum atomic E-state index is -0.890. The van der Waals surface area contributed by atoms with Crippen LogP contribution in [0.2, 0.25) is 0 Å². The Labute approximate surface area is 345 Å². The number of carbonyl (C=O) groups is 3. The Bertz CT molecular complexity index is 1700. The number of allylic oxidation sites excluding steroid dienone is 1. The molecule has 0 radical (unpaired) electrons. The maximum atomic E-state index is 13.8. The summed E-state index contributed by atoms with van der Waals surface area (Å²) >= 11 is 0. The Kier molecular flexibility index (Phi) is 14.0. The zero-order valence-electron chi connectivity index (χ0n) is 37.1. The van der Waals surface area contributed by atoms with Crippen molar-refractivity contribution in [2.45, 2.75) is 165 Å².